The van der Waals surface area contributed by atoms with Gasteiger partial charge in [0.15, 0.2) is 0 Å². The average Bonchev–Trinajstić information content (AvgIpc) is 3.26. The summed E-state index contributed by atoms with van der Waals surface area (Å²) in [4.78, 5) is 33.2. The first-order chi connectivity index (χ1) is 15.6. The first kappa shape index (κ1) is 21.9. The Morgan fingerprint density at radius 3 is 2.62 bits per heavy atom. The molecule has 0 radical (unpaired) electrons. The van der Waals surface area contributed by atoms with Gasteiger partial charge in [0.2, 0.25) is 5.91 Å². The maximum absolute atomic E-state index is 12.7. The van der Waals surface area contributed by atoms with E-state index < -0.39 is 0 Å². The molecule has 0 bridgehead atoms. The van der Waals surface area contributed by atoms with E-state index >= 15 is 0 Å². The van der Waals surface area contributed by atoms with Crippen LogP contribution in [0.5, 0.6) is 0 Å². The van der Waals surface area contributed by atoms with Crippen molar-refractivity contribution in [3.05, 3.63) is 87.8 Å². The van der Waals surface area contributed by atoms with Gasteiger partial charge >= 0.3 is 0 Å². The van der Waals surface area contributed by atoms with Crippen LogP contribution in [0, 0.1) is 11.8 Å². The maximum Gasteiger partial charge on any atom is 0.260 e. The Labute approximate surface area is 194 Å². The molecule has 5 nitrogen and oxygen atoms in total. The fraction of sp³-hybridized carbons (Fsp3) is 0.160. The van der Waals surface area contributed by atoms with E-state index in [0.29, 0.717) is 21.8 Å². The molecule has 7 heteroatoms. The van der Waals surface area contributed by atoms with Crippen molar-refractivity contribution < 1.29 is 4.79 Å². The van der Waals surface area contributed by atoms with Crippen LogP contribution in [0.4, 0.5) is 0 Å². The predicted molar refractivity (Wildman–Crippen MR) is 133 cm³/mol. The van der Waals surface area contributed by atoms with Crippen LogP contribution in [-0.4, -0.2) is 27.7 Å². The van der Waals surface area contributed by atoms with Gasteiger partial charge < -0.3 is 10.3 Å². The molecule has 0 saturated carbocycles. The van der Waals surface area contributed by atoms with Gasteiger partial charge in [-0.05, 0) is 24.6 Å². The van der Waals surface area contributed by atoms with Crippen LogP contribution in [0.15, 0.2) is 70.8 Å². The molecular weight excluding hydrogens is 438 g/mol. The summed E-state index contributed by atoms with van der Waals surface area (Å²) >= 11 is 2.88. The number of carbonyl (C=O) groups is 1. The smallest absolute Gasteiger partial charge is 0.260 e. The van der Waals surface area contributed by atoms with Gasteiger partial charge in [-0.2, -0.15) is 0 Å². The minimum absolute atomic E-state index is 0.0942. The highest BCUT2D eigenvalue weighted by Gasteiger charge is 2.16. The van der Waals surface area contributed by atoms with Crippen LogP contribution < -0.4 is 10.9 Å². The SMILES string of the molecule is C[C@@H](SCc1nc2scc(-c3ccccc3)c2c(=O)[nH]1)C(=O)NCC#Cc1ccccc1. The van der Waals surface area contributed by atoms with Gasteiger partial charge in [0, 0.05) is 16.5 Å². The molecule has 0 saturated heterocycles. The van der Waals surface area contributed by atoms with Crippen molar-refractivity contribution >= 4 is 39.2 Å². The average molecular weight is 460 g/mol. The number of aromatic amines is 1. The minimum atomic E-state index is -0.294. The Bertz CT molecular complexity index is 1340. The molecular formula is C25H21N3O2S2. The van der Waals surface area contributed by atoms with E-state index in [0.717, 1.165) is 16.7 Å². The van der Waals surface area contributed by atoms with Crippen molar-refractivity contribution in [2.24, 2.45) is 0 Å². The second kappa shape index (κ2) is 10.3. The first-order valence-corrected chi connectivity index (χ1v) is 12.0. The van der Waals surface area contributed by atoms with Crippen LogP contribution in [-0.2, 0) is 10.5 Å². The number of amides is 1. The molecule has 0 unspecified atom stereocenters. The molecule has 1 amide bonds. The van der Waals surface area contributed by atoms with Gasteiger partial charge in [-0.1, -0.05) is 60.4 Å². The zero-order chi connectivity index (χ0) is 22.3. The maximum atomic E-state index is 12.7. The van der Waals surface area contributed by atoms with Gasteiger partial charge in [0.25, 0.3) is 5.56 Å². The van der Waals surface area contributed by atoms with Gasteiger partial charge in [0.1, 0.15) is 10.7 Å². The zero-order valence-corrected chi connectivity index (χ0v) is 19.1. The van der Waals surface area contributed by atoms with Crippen molar-refractivity contribution in [2.75, 3.05) is 6.54 Å². The highest BCUT2D eigenvalue weighted by Crippen LogP contribution is 2.30. The second-order valence-corrected chi connectivity index (χ2v) is 9.23. The molecule has 4 aromatic rings. The predicted octanol–water partition coefficient (Wildman–Crippen LogP) is 4.44. The number of fused-ring (bicyclic) bond motifs is 1. The number of nitrogens with zero attached hydrogens (tertiary/aromatic N) is 1. The van der Waals surface area contributed by atoms with E-state index in [9.17, 15) is 9.59 Å². The second-order valence-electron chi connectivity index (χ2n) is 7.05. The van der Waals surface area contributed by atoms with Crippen molar-refractivity contribution in [1.82, 2.24) is 15.3 Å². The fourth-order valence-corrected chi connectivity index (χ4v) is 4.86. The molecule has 2 N–H and O–H groups in total. The molecule has 2 aromatic carbocycles. The summed E-state index contributed by atoms with van der Waals surface area (Å²) in [6.45, 7) is 2.12. The van der Waals surface area contributed by atoms with Crippen LogP contribution in [0.2, 0.25) is 0 Å². The van der Waals surface area contributed by atoms with E-state index in [4.69, 9.17) is 0 Å². The van der Waals surface area contributed by atoms with Crippen molar-refractivity contribution in [3.63, 3.8) is 0 Å². The lowest BCUT2D eigenvalue weighted by Gasteiger charge is -2.10. The standard InChI is InChI=1S/C25H21N3O2S2/c1-17(23(29)26-14-8-11-18-9-4-2-5-10-18)31-16-21-27-24(30)22-20(15-32-25(22)28-21)19-12-6-3-7-13-19/h2-7,9-10,12-13,15,17H,14,16H2,1H3,(H,26,29)(H,27,28,30)/t17-/m1/s1. The molecule has 160 valence electrons. The first-order valence-electron chi connectivity index (χ1n) is 10.1. The Hall–Kier alpha value is -3.34. The van der Waals surface area contributed by atoms with Gasteiger partial charge in [-0.25, -0.2) is 4.98 Å². The minimum Gasteiger partial charge on any atom is -0.344 e. The summed E-state index contributed by atoms with van der Waals surface area (Å²) in [6.07, 6.45) is 0. The molecule has 0 aliphatic carbocycles. The Balaban J connectivity index is 1.36. The lowest BCUT2D eigenvalue weighted by atomic mass is 10.1. The van der Waals surface area contributed by atoms with Crippen LogP contribution in [0.1, 0.15) is 18.3 Å². The summed E-state index contributed by atoms with van der Waals surface area (Å²) in [5.74, 6) is 6.88. The number of carbonyl (C=O) groups excluding carboxylic acids is 1. The summed E-state index contributed by atoms with van der Waals surface area (Å²) in [7, 11) is 0. The van der Waals surface area contributed by atoms with E-state index in [1.165, 1.54) is 23.1 Å². The monoisotopic (exact) mass is 459 g/mol. The number of thiophene rings is 1. The Morgan fingerprint density at radius 2 is 1.88 bits per heavy atom. The number of nitrogens with one attached hydrogen (secondary N) is 2. The topological polar surface area (TPSA) is 74.8 Å². The quantitative estimate of drug-likeness (QED) is 0.418. The van der Waals surface area contributed by atoms with E-state index in [1.807, 2.05) is 73.0 Å². The van der Waals surface area contributed by atoms with Gasteiger partial charge in [-0.15, -0.1) is 23.1 Å². The number of hydrogen-bond acceptors (Lipinski definition) is 5. The van der Waals surface area contributed by atoms with Gasteiger partial charge in [0.05, 0.1) is 22.9 Å². The lowest BCUT2D eigenvalue weighted by Crippen LogP contribution is -2.31. The molecule has 0 aliphatic heterocycles. The third-order valence-electron chi connectivity index (χ3n) is 4.77. The van der Waals surface area contributed by atoms with Crippen LogP contribution in [0.25, 0.3) is 21.3 Å². The molecule has 0 aliphatic rings. The normalized spacial score (nSPS) is 11.5. The third-order valence-corrected chi connectivity index (χ3v) is 6.80. The number of benzene rings is 2. The molecule has 32 heavy (non-hydrogen) atoms. The Kier molecular flexibility index (Phi) is 7.05. The number of hydrogen-bond donors (Lipinski definition) is 2. The Morgan fingerprint density at radius 1 is 1.16 bits per heavy atom. The van der Waals surface area contributed by atoms with Crippen LogP contribution in [0.3, 0.4) is 0 Å². The summed E-state index contributed by atoms with van der Waals surface area (Å²) < 4.78 is 0. The van der Waals surface area contributed by atoms with Crippen molar-refractivity contribution in [3.8, 4) is 23.0 Å². The van der Waals surface area contributed by atoms with Gasteiger partial charge in [-0.3, -0.25) is 9.59 Å². The van der Waals surface area contributed by atoms with Crippen molar-refractivity contribution in [1.29, 1.82) is 0 Å². The van der Waals surface area contributed by atoms with E-state index in [-0.39, 0.29) is 23.3 Å². The van der Waals surface area contributed by atoms with E-state index in [2.05, 4.69) is 27.1 Å². The largest absolute Gasteiger partial charge is 0.344 e. The summed E-state index contributed by atoms with van der Waals surface area (Å²) in [5, 5.41) is 5.11. The molecule has 0 spiro atoms. The van der Waals surface area contributed by atoms with E-state index in [1.54, 1.807) is 0 Å². The number of rotatable bonds is 6. The highest BCUT2D eigenvalue weighted by molar-refractivity contribution is 7.99. The zero-order valence-electron chi connectivity index (χ0n) is 17.4. The van der Waals surface area contributed by atoms with Crippen LogP contribution >= 0.6 is 23.1 Å². The fourth-order valence-electron chi connectivity index (χ4n) is 3.11. The number of H-pyrrole nitrogens is 1. The molecule has 2 aromatic heterocycles. The lowest BCUT2D eigenvalue weighted by molar-refractivity contribution is -0.120. The molecule has 4 rings (SSSR count). The molecule has 2 heterocycles. The molecule has 1 atom stereocenters. The summed E-state index contributed by atoms with van der Waals surface area (Å²) in [5.41, 5.74) is 2.65. The highest BCUT2D eigenvalue weighted by atomic mass is 32.2. The molecule has 0 fully saturated rings. The summed E-state index contributed by atoms with van der Waals surface area (Å²) in [6, 6.07) is 19.4. The third kappa shape index (κ3) is 5.28. The number of aromatic nitrogens is 2. The number of thioether (sulfide) groups is 1. The van der Waals surface area contributed by atoms with Crippen molar-refractivity contribution in [2.45, 2.75) is 17.9 Å².